The van der Waals surface area contributed by atoms with E-state index in [9.17, 15) is 14.4 Å². The van der Waals surface area contributed by atoms with Crippen LogP contribution in [-0.2, 0) is 14.4 Å². The van der Waals surface area contributed by atoms with Gasteiger partial charge in [0.25, 0.3) is 0 Å². The number of carbonyl (C=O) groups excluding carboxylic acids is 2. The van der Waals surface area contributed by atoms with Crippen LogP contribution in [-0.4, -0.2) is 59.4 Å². The fourth-order valence-corrected chi connectivity index (χ4v) is 4.07. The van der Waals surface area contributed by atoms with Crippen molar-refractivity contribution >= 4 is 17.8 Å². The zero-order valence-corrected chi connectivity index (χ0v) is 15.8. The standard InChI is InChI=1S/C21H28N2O4/c1-22(14-20(25)23-9-7-17(8-10-23)21(26)27)19(24)13-15-11-18(12-15)16-5-3-2-4-6-16/h2-6,15,17-18H,7-14H2,1H3,(H,26,27). The molecule has 0 bridgehead atoms. The molecule has 1 aliphatic heterocycles. The van der Waals surface area contributed by atoms with Gasteiger partial charge in [-0.05, 0) is 43.1 Å². The molecule has 0 spiro atoms. The van der Waals surface area contributed by atoms with Crippen LogP contribution in [0.1, 0.15) is 43.6 Å². The maximum absolute atomic E-state index is 12.4. The van der Waals surface area contributed by atoms with Crippen molar-refractivity contribution in [2.24, 2.45) is 11.8 Å². The van der Waals surface area contributed by atoms with Crippen molar-refractivity contribution in [2.75, 3.05) is 26.7 Å². The summed E-state index contributed by atoms with van der Waals surface area (Å²) in [5.41, 5.74) is 1.34. The number of likely N-dealkylation sites (tertiary alicyclic amines) is 1. The van der Waals surface area contributed by atoms with Gasteiger partial charge in [-0.1, -0.05) is 30.3 Å². The van der Waals surface area contributed by atoms with Crippen LogP contribution in [0.5, 0.6) is 0 Å². The lowest BCUT2D eigenvalue weighted by Gasteiger charge is -2.36. The maximum Gasteiger partial charge on any atom is 0.306 e. The Kier molecular flexibility index (Phi) is 6.14. The molecule has 6 heteroatoms. The molecule has 0 unspecified atom stereocenters. The van der Waals surface area contributed by atoms with Crippen molar-refractivity contribution in [2.45, 2.75) is 38.0 Å². The van der Waals surface area contributed by atoms with Crippen molar-refractivity contribution in [3.63, 3.8) is 0 Å². The molecular formula is C21H28N2O4. The molecule has 1 aromatic carbocycles. The Morgan fingerprint density at radius 2 is 1.74 bits per heavy atom. The van der Waals surface area contributed by atoms with Gasteiger partial charge < -0.3 is 14.9 Å². The third-order valence-electron chi connectivity index (χ3n) is 5.97. The molecule has 2 fully saturated rings. The molecule has 1 aromatic rings. The topological polar surface area (TPSA) is 77.9 Å². The minimum atomic E-state index is -0.788. The normalized spacial score (nSPS) is 22.8. The van der Waals surface area contributed by atoms with Crippen molar-refractivity contribution in [3.8, 4) is 0 Å². The van der Waals surface area contributed by atoms with Gasteiger partial charge in [0.05, 0.1) is 12.5 Å². The van der Waals surface area contributed by atoms with E-state index < -0.39 is 5.97 Å². The first-order valence-electron chi connectivity index (χ1n) is 9.73. The lowest BCUT2D eigenvalue weighted by molar-refractivity contribution is -0.146. The Morgan fingerprint density at radius 1 is 1.11 bits per heavy atom. The fraction of sp³-hybridized carbons (Fsp3) is 0.571. The predicted octanol–water partition coefficient (Wildman–Crippen LogP) is 2.35. The van der Waals surface area contributed by atoms with Crippen molar-refractivity contribution in [1.29, 1.82) is 0 Å². The van der Waals surface area contributed by atoms with Gasteiger partial charge in [-0.15, -0.1) is 0 Å². The van der Waals surface area contributed by atoms with Gasteiger partial charge in [0.2, 0.25) is 11.8 Å². The van der Waals surface area contributed by atoms with Crippen LogP contribution in [0, 0.1) is 11.8 Å². The highest BCUT2D eigenvalue weighted by atomic mass is 16.4. The van der Waals surface area contributed by atoms with Crippen LogP contribution in [0.2, 0.25) is 0 Å². The number of amides is 2. The van der Waals surface area contributed by atoms with E-state index in [0.29, 0.717) is 44.2 Å². The molecule has 1 N–H and O–H groups in total. The number of hydrogen-bond acceptors (Lipinski definition) is 3. The fourth-order valence-electron chi connectivity index (χ4n) is 4.07. The third kappa shape index (κ3) is 4.87. The zero-order chi connectivity index (χ0) is 19.4. The largest absolute Gasteiger partial charge is 0.481 e. The number of benzene rings is 1. The Balaban J connectivity index is 1.38. The van der Waals surface area contributed by atoms with Gasteiger partial charge in [0.15, 0.2) is 0 Å². The average molecular weight is 372 g/mol. The van der Waals surface area contributed by atoms with E-state index in [1.165, 1.54) is 10.5 Å². The van der Waals surface area contributed by atoms with E-state index in [-0.39, 0.29) is 24.3 Å². The number of rotatable bonds is 6. The highest BCUT2D eigenvalue weighted by Gasteiger charge is 2.33. The molecule has 2 amide bonds. The lowest BCUT2D eigenvalue weighted by Crippen LogP contribution is -2.45. The number of nitrogens with zero attached hydrogens (tertiary/aromatic N) is 2. The summed E-state index contributed by atoms with van der Waals surface area (Å²) in [7, 11) is 1.68. The number of hydrogen-bond donors (Lipinski definition) is 1. The smallest absolute Gasteiger partial charge is 0.306 e. The molecule has 1 heterocycles. The Labute approximate surface area is 160 Å². The molecule has 2 aliphatic rings. The molecule has 1 aliphatic carbocycles. The van der Waals surface area contributed by atoms with Crippen LogP contribution in [0.4, 0.5) is 0 Å². The van der Waals surface area contributed by atoms with Gasteiger partial charge in [-0.3, -0.25) is 14.4 Å². The number of carbonyl (C=O) groups is 3. The summed E-state index contributed by atoms with van der Waals surface area (Å²) < 4.78 is 0. The monoisotopic (exact) mass is 372 g/mol. The van der Waals surface area contributed by atoms with E-state index >= 15 is 0 Å². The van der Waals surface area contributed by atoms with Crippen LogP contribution in [0.3, 0.4) is 0 Å². The van der Waals surface area contributed by atoms with Crippen LogP contribution in [0.25, 0.3) is 0 Å². The minimum Gasteiger partial charge on any atom is -0.481 e. The van der Waals surface area contributed by atoms with Crippen molar-refractivity contribution in [3.05, 3.63) is 35.9 Å². The van der Waals surface area contributed by atoms with Gasteiger partial charge in [0, 0.05) is 26.6 Å². The summed E-state index contributed by atoms with van der Waals surface area (Å²) in [6.45, 7) is 0.990. The second kappa shape index (κ2) is 8.55. The van der Waals surface area contributed by atoms with Crippen molar-refractivity contribution in [1.82, 2.24) is 9.80 Å². The van der Waals surface area contributed by atoms with Crippen LogP contribution in [0.15, 0.2) is 30.3 Å². The summed E-state index contributed by atoms with van der Waals surface area (Å²) in [6, 6.07) is 10.4. The first kappa shape index (κ1) is 19.4. The molecule has 3 rings (SSSR count). The first-order valence-corrected chi connectivity index (χ1v) is 9.73. The van der Waals surface area contributed by atoms with Gasteiger partial charge in [0.1, 0.15) is 0 Å². The van der Waals surface area contributed by atoms with Crippen LogP contribution >= 0.6 is 0 Å². The molecule has 0 atom stereocenters. The van der Waals surface area contributed by atoms with Gasteiger partial charge in [-0.2, -0.15) is 0 Å². The van der Waals surface area contributed by atoms with E-state index in [2.05, 4.69) is 12.1 Å². The highest BCUT2D eigenvalue weighted by molar-refractivity contribution is 5.85. The minimum absolute atomic E-state index is 0.0142. The number of carboxylic acids is 1. The average Bonchev–Trinajstić information content (AvgIpc) is 2.64. The summed E-state index contributed by atoms with van der Waals surface area (Å²) >= 11 is 0. The second-order valence-electron chi connectivity index (χ2n) is 7.89. The Bertz CT molecular complexity index is 677. The Hall–Kier alpha value is -2.37. The molecule has 1 saturated heterocycles. The van der Waals surface area contributed by atoms with E-state index in [0.717, 1.165) is 12.8 Å². The van der Waals surface area contributed by atoms with Gasteiger partial charge >= 0.3 is 5.97 Å². The quantitative estimate of drug-likeness (QED) is 0.831. The highest BCUT2D eigenvalue weighted by Crippen LogP contribution is 2.43. The van der Waals surface area contributed by atoms with E-state index in [1.807, 2.05) is 18.2 Å². The predicted molar refractivity (Wildman–Crippen MR) is 101 cm³/mol. The number of aliphatic carboxylic acids is 1. The molecular weight excluding hydrogens is 344 g/mol. The number of piperidine rings is 1. The second-order valence-corrected chi connectivity index (χ2v) is 7.89. The third-order valence-corrected chi connectivity index (χ3v) is 5.97. The Morgan fingerprint density at radius 3 is 2.33 bits per heavy atom. The molecule has 146 valence electrons. The summed E-state index contributed by atoms with van der Waals surface area (Å²) in [4.78, 5) is 39.0. The van der Waals surface area contributed by atoms with Crippen molar-refractivity contribution < 1.29 is 19.5 Å². The van der Waals surface area contributed by atoms with E-state index in [4.69, 9.17) is 5.11 Å². The maximum atomic E-state index is 12.4. The van der Waals surface area contributed by atoms with Gasteiger partial charge in [-0.25, -0.2) is 0 Å². The summed E-state index contributed by atoms with van der Waals surface area (Å²) in [5, 5.41) is 9.03. The molecule has 0 radical (unpaired) electrons. The number of likely N-dealkylation sites (N-methyl/N-ethyl adjacent to an activating group) is 1. The molecule has 1 saturated carbocycles. The molecule has 0 aromatic heterocycles. The lowest BCUT2D eigenvalue weighted by atomic mass is 9.70. The zero-order valence-electron chi connectivity index (χ0n) is 15.8. The SMILES string of the molecule is CN(CC(=O)N1CCC(C(=O)O)CC1)C(=O)CC1CC(c2ccccc2)C1. The first-order chi connectivity index (χ1) is 12.9. The molecule has 27 heavy (non-hydrogen) atoms. The number of carboxylic acid groups (broad SMARTS) is 1. The molecule has 6 nitrogen and oxygen atoms in total. The summed E-state index contributed by atoms with van der Waals surface area (Å²) in [6.07, 6.45) is 3.53. The van der Waals surface area contributed by atoms with E-state index in [1.54, 1.807) is 11.9 Å². The summed E-state index contributed by atoms with van der Waals surface area (Å²) in [5.74, 6) is -0.280. The van der Waals surface area contributed by atoms with Crippen LogP contribution < -0.4 is 0 Å².